The summed E-state index contributed by atoms with van der Waals surface area (Å²) in [5, 5.41) is 10.9. The molecule has 0 aliphatic heterocycles. The summed E-state index contributed by atoms with van der Waals surface area (Å²) in [5.74, 6) is -1.51. The van der Waals surface area contributed by atoms with Crippen LogP contribution in [0.2, 0.25) is 0 Å². The minimum atomic E-state index is -1.12. The Kier molecular flexibility index (Phi) is 29.6. The number of hydrogen-bond acceptors (Lipinski definition) is 11. The number of aliphatic carboxylic acids is 1. The summed E-state index contributed by atoms with van der Waals surface area (Å²) in [6.07, 6.45) is 2.22. The van der Waals surface area contributed by atoms with Crippen molar-refractivity contribution in [3.8, 4) is 0 Å². The Morgan fingerprint density at radius 1 is 0.514 bits per heavy atom. The molecule has 220 valence electrons. The molecule has 0 bridgehead atoms. The quantitative estimate of drug-likeness (QED) is 0.115. The molecule has 13 heteroatoms. The first kappa shape index (κ1) is 35.6. The molecule has 2 N–H and O–H groups in total. The van der Waals surface area contributed by atoms with Crippen LogP contribution in [0.1, 0.15) is 19.8 Å². The number of carboxylic acid groups (broad SMARTS) is 1. The first-order valence-electron chi connectivity index (χ1n) is 12.8. The normalized spacial score (nSPS) is 11.2. The summed E-state index contributed by atoms with van der Waals surface area (Å²) in [6, 6.07) is 0. The largest absolute Gasteiger partial charge is 0.480 e. The number of amides is 1. The van der Waals surface area contributed by atoms with E-state index in [-0.39, 0.29) is 6.61 Å². The van der Waals surface area contributed by atoms with Crippen molar-refractivity contribution in [2.24, 2.45) is 0 Å². The average molecular weight is 542 g/mol. The predicted molar refractivity (Wildman–Crippen MR) is 133 cm³/mol. The Hall–Kier alpha value is -1.42. The van der Waals surface area contributed by atoms with Crippen molar-refractivity contribution in [2.45, 2.75) is 19.8 Å². The molecule has 0 aliphatic carbocycles. The molecule has 0 saturated carbocycles. The standard InChI is InChI=1S/C24H47NO12/c1-2-3-5-29-7-9-31-11-13-33-15-17-35-19-20-36-18-16-34-14-12-32-10-8-30-6-4-25-23(26)21-37-22-24(27)28/h2-22H2,1H3,(H,25,26)(H,27,28). The number of hydrogen-bond donors (Lipinski definition) is 2. The molecule has 37 heavy (non-hydrogen) atoms. The zero-order chi connectivity index (χ0) is 27.1. The van der Waals surface area contributed by atoms with E-state index in [2.05, 4.69) is 17.0 Å². The third kappa shape index (κ3) is 32.6. The van der Waals surface area contributed by atoms with Gasteiger partial charge in [0.05, 0.1) is 99.1 Å². The van der Waals surface area contributed by atoms with Crippen molar-refractivity contribution in [3.05, 3.63) is 0 Å². The molecule has 0 aromatic rings. The second-order valence-corrected chi connectivity index (χ2v) is 7.49. The summed E-state index contributed by atoms with van der Waals surface area (Å²) in [4.78, 5) is 21.6. The number of carbonyl (C=O) groups excluding carboxylic acids is 1. The third-order valence-corrected chi connectivity index (χ3v) is 4.27. The third-order valence-electron chi connectivity index (χ3n) is 4.27. The van der Waals surface area contributed by atoms with E-state index in [1.807, 2.05) is 0 Å². The minimum absolute atomic E-state index is 0.295. The van der Waals surface area contributed by atoms with Crippen LogP contribution in [-0.4, -0.2) is 142 Å². The number of ether oxygens (including phenoxy) is 9. The minimum Gasteiger partial charge on any atom is -0.480 e. The van der Waals surface area contributed by atoms with E-state index in [0.29, 0.717) is 106 Å². The first-order chi connectivity index (χ1) is 18.2. The Balaban J connectivity index is 3.08. The van der Waals surface area contributed by atoms with Gasteiger partial charge in [-0.3, -0.25) is 4.79 Å². The van der Waals surface area contributed by atoms with Gasteiger partial charge in [0.15, 0.2) is 0 Å². The number of nitrogens with one attached hydrogen (secondary N) is 1. The van der Waals surface area contributed by atoms with Crippen LogP contribution in [0.15, 0.2) is 0 Å². The SMILES string of the molecule is CCCCOCCOCCOCCOCCOCCOCCOCCOCCNC(=O)COCC(=O)O. The highest BCUT2D eigenvalue weighted by Gasteiger charge is 2.03. The molecule has 1 amide bonds. The Morgan fingerprint density at radius 2 is 0.865 bits per heavy atom. The zero-order valence-electron chi connectivity index (χ0n) is 22.3. The van der Waals surface area contributed by atoms with E-state index < -0.39 is 18.5 Å². The van der Waals surface area contributed by atoms with Gasteiger partial charge in [-0.2, -0.15) is 0 Å². The van der Waals surface area contributed by atoms with E-state index in [1.165, 1.54) is 0 Å². The van der Waals surface area contributed by atoms with Crippen LogP contribution in [0.4, 0.5) is 0 Å². The van der Waals surface area contributed by atoms with Crippen molar-refractivity contribution in [3.63, 3.8) is 0 Å². The number of carbonyl (C=O) groups is 2. The molecule has 0 fully saturated rings. The predicted octanol–water partition coefficient (Wildman–Crippen LogP) is 0.137. The lowest BCUT2D eigenvalue weighted by atomic mass is 10.4. The van der Waals surface area contributed by atoms with E-state index in [9.17, 15) is 9.59 Å². The summed E-state index contributed by atoms with van der Waals surface area (Å²) < 4.78 is 47.8. The van der Waals surface area contributed by atoms with Crippen molar-refractivity contribution in [2.75, 3.05) is 125 Å². The molecule has 0 rings (SSSR count). The van der Waals surface area contributed by atoms with Crippen LogP contribution >= 0.6 is 0 Å². The molecule has 0 spiro atoms. The van der Waals surface area contributed by atoms with Gasteiger partial charge in [0, 0.05) is 13.2 Å². The van der Waals surface area contributed by atoms with E-state index in [1.54, 1.807) is 0 Å². The van der Waals surface area contributed by atoms with Crippen LogP contribution in [0.5, 0.6) is 0 Å². The molecule has 0 heterocycles. The molecule has 13 nitrogen and oxygen atoms in total. The van der Waals surface area contributed by atoms with Gasteiger partial charge in [-0.1, -0.05) is 13.3 Å². The maximum atomic E-state index is 11.3. The first-order valence-corrected chi connectivity index (χ1v) is 12.8. The maximum absolute atomic E-state index is 11.3. The highest BCUT2D eigenvalue weighted by molar-refractivity contribution is 5.77. The fraction of sp³-hybridized carbons (Fsp3) is 0.917. The molecule has 0 atom stereocenters. The van der Waals surface area contributed by atoms with Gasteiger partial charge < -0.3 is 53.1 Å². The van der Waals surface area contributed by atoms with Crippen LogP contribution in [-0.2, 0) is 52.2 Å². The van der Waals surface area contributed by atoms with Crippen LogP contribution in [0.25, 0.3) is 0 Å². The highest BCUT2D eigenvalue weighted by Crippen LogP contribution is 1.88. The van der Waals surface area contributed by atoms with Crippen LogP contribution < -0.4 is 5.32 Å². The van der Waals surface area contributed by atoms with Gasteiger partial charge in [0.1, 0.15) is 13.2 Å². The summed E-state index contributed by atoms with van der Waals surface area (Å²) in [7, 11) is 0. The highest BCUT2D eigenvalue weighted by atomic mass is 16.6. The smallest absolute Gasteiger partial charge is 0.329 e. The van der Waals surface area contributed by atoms with Gasteiger partial charge in [-0.25, -0.2) is 4.79 Å². The lowest BCUT2D eigenvalue weighted by Crippen LogP contribution is -2.31. The Bertz CT molecular complexity index is 498. The van der Waals surface area contributed by atoms with Gasteiger partial charge in [0.2, 0.25) is 5.91 Å². The second kappa shape index (κ2) is 30.8. The molecule has 0 aromatic heterocycles. The molecule has 0 aliphatic rings. The number of rotatable bonds is 31. The van der Waals surface area contributed by atoms with Gasteiger partial charge in [0.25, 0.3) is 0 Å². The van der Waals surface area contributed by atoms with Crippen molar-refractivity contribution >= 4 is 11.9 Å². The Morgan fingerprint density at radius 3 is 1.22 bits per heavy atom. The molecule has 0 saturated heterocycles. The van der Waals surface area contributed by atoms with Crippen molar-refractivity contribution in [1.82, 2.24) is 5.32 Å². The topological polar surface area (TPSA) is 149 Å². The van der Waals surface area contributed by atoms with E-state index in [0.717, 1.165) is 19.4 Å². The van der Waals surface area contributed by atoms with Crippen LogP contribution in [0.3, 0.4) is 0 Å². The number of unbranched alkanes of at least 4 members (excludes halogenated alkanes) is 1. The van der Waals surface area contributed by atoms with Crippen molar-refractivity contribution in [1.29, 1.82) is 0 Å². The fourth-order valence-corrected chi connectivity index (χ4v) is 2.43. The summed E-state index contributed by atoms with van der Waals surface area (Å²) in [6.45, 7) is 9.76. The Labute approximate surface area is 220 Å². The van der Waals surface area contributed by atoms with Gasteiger partial charge in [-0.05, 0) is 6.42 Å². The van der Waals surface area contributed by atoms with E-state index >= 15 is 0 Å². The van der Waals surface area contributed by atoms with Gasteiger partial charge >= 0.3 is 5.97 Å². The maximum Gasteiger partial charge on any atom is 0.329 e. The molecule has 0 radical (unpaired) electrons. The monoisotopic (exact) mass is 541 g/mol. The lowest BCUT2D eigenvalue weighted by molar-refractivity contribution is -0.143. The number of carboxylic acids is 1. The summed E-state index contributed by atoms with van der Waals surface area (Å²) in [5.41, 5.74) is 0. The zero-order valence-corrected chi connectivity index (χ0v) is 22.3. The van der Waals surface area contributed by atoms with E-state index in [4.69, 9.17) is 43.0 Å². The second-order valence-electron chi connectivity index (χ2n) is 7.49. The molecular weight excluding hydrogens is 494 g/mol. The van der Waals surface area contributed by atoms with Crippen LogP contribution in [0, 0.1) is 0 Å². The summed E-state index contributed by atoms with van der Waals surface area (Å²) >= 11 is 0. The van der Waals surface area contributed by atoms with Gasteiger partial charge in [-0.15, -0.1) is 0 Å². The molecular formula is C24H47NO12. The average Bonchev–Trinajstić information content (AvgIpc) is 2.88. The molecule has 0 unspecified atom stereocenters. The fourth-order valence-electron chi connectivity index (χ4n) is 2.43. The molecule has 0 aromatic carbocycles. The lowest BCUT2D eigenvalue weighted by Gasteiger charge is -2.09. The van der Waals surface area contributed by atoms with Crippen molar-refractivity contribution < 1.29 is 57.3 Å².